The van der Waals surface area contributed by atoms with Crippen molar-refractivity contribution in [3.63, 3.8) is 0 Å². The molecule has 0 radical (unpaired) electrons. The summed E-state index contributed by atoms with van der Waals surface area (Å²) in [7, 11) is 1.56. The third-order valence-electron chi connectivity index (χ3n) is 7.52. The van der Waals surface area contributed by atoms with Crippen molar-refractivity contribution in [2.75, 3.05) is 13.7 Å². The van der Waals surface area contributed by atoms with Gasteiger partial charge in [-0.25, -0.2) is 0 Å². The molecule has 4 fully saturated rings. The van der Waals surface area contributed by atoms with Gasteiger partial charge in [-0.15, -0.1) is 0 Å². The van der Waals surface area contributed by atoms with Crippen LogP contribution in [0.5, 0.6) is 0 Å². The van der Waals surface area contributed by atoms with Gasteiger partial charge in [0.2, 0.25) is 0 Å². The van der Waals surface area contributed by atoms with Gasteiger partial charge in [-0.2, -0.15) is 0 Å². The van der Waals surface area contributed by atoms with E-state index in [9.17, 15) is 30.6 Å². The molecular formula is C21H36O10. The fourth-order valence-corrected chi connectivity index (χ4v) is 5.71. The molecule has 10 nitrogen and oxygen atoms in total. The van der Waals surface area contributed by atoms with E-state index >= 15 is 0 Å². The van der Waals surface area contributed by atoms with Crippen LogP contribution in [0.15, 0.2) is 0 Å². The summed E-state index contributed by atoms with van der Waals surface area (Å²) in [6, 6.07) is 0. The van der Waals surface area contributed by atoms with Gasteiger partial charge in [0.25, 0.3) is 0 Å². The summed E-state index contributed by atoms with van der Waals surface area (Å²) in [6.45, 7) is -0.163. The predicted molar refractivity (Wildman–Crippen MR) is 105 cm³/mol. The van der Waals surface area contributed by atoms with Crippen molar-refractivity contribution in [2.45, 2.75) is 106 Å². The quantitative estimate of drug-likeness (QED) is 0.292. The molecule has 180 valence electrons. The van der Waals surface area contributed by atoms with Crippen LogP contribution in [0.2, 0.25) is 0 Å². The highest BCUT2D eigenvalue weighted by molar-refractivity contribution is 4.98. The van der Waals surface area contributed by atoms with E-state index in [1.165, 1.54) is 0 Å². The summed E-state index contributed by atoms with van der Waals surface area (Å²) in [4.78, 5) is 0. The molecule has 6 N–H and O–H groups in total. The van der Waals surface area contributed by atoms with Gasteiger partial charge in [0.1, 0.15) is 18.3 Å². The van der Waals surface area contributed by atoms with Crippen molar-refractivity contribution in [3.05, 3.63) is 0 Å². The Morgan fingerprint density at radius 3 is 2.29 bits per heavy atom. The number of ether oxygens (including phenoxy) is 4. The minimum atomic E-state index is -1.42. The van der Waals surface area contributed by atoms with Crippen LogP contribution in [0, 0.1) is 11.8 Å². The molecule has 0 aromatic rings. The van der Waals surface area contributed by atoms with Crippen LogP contribution in [0.3, 0.4) is 0 Å². The van der Waals surface area contributed by atoms with Crippen molar-refractivity contribution < 1.29 is 49.6 Å². The number of hydrogen-bond acceptors (Lipinski definition) is 10. The van der Waals surface area contributed by atoms with Crippen LogP contribution >= 0.6 is 0 Å². The maximum absolute atomic E-state index is 10.5. The standard InChI is InChI=1S/C21H36O10/c1-28-16-4-9(2-3-12(16)23)20-17(31-21-19(27)18(26)14(25)8-29-21)7-11-13(24)5-10(22)6-15(11)30-20/h9-27H,2-8H2,1H3. The van der Waals surface area contributed by atoms with Crippen molar-refractivity contribution >= 4 is 0 Å². The van der Waals surface area contributed by atoms with Gasteiger partial charge in [0, 0.05) is 13.0 Å². The lowest BCUT2D eigenvalue weighted by molar-refractivity contribution is -0.313. The SMILES string of the molecule is COC1CC(C2OC3CC(O)CC(O)C3CC2OC2OCC(O)C(O)C2O)CCC1O. The Morgan fingerprint density at radius 1 is 0.774 bits per heavy atom. The first-order valence-electron chi connectivity index (χ1n) is 11.3. The molecule has 0 aromatic heterocycles. The number of aliphatic hydroxyl groups excluding tert-OH is 6. The molecule has 2 saturated carbocycles. The second-order valence-electron chi connectivity index (χ2n) is 9.57. The topological polar surface area (TPSA) is 158 Å². The highest BCUT2D eigenvalue weighted by Gasteiger charge is 2.50. The van der Waals surface area contributed by atoms with E-state index in [-0.39, 0.29) is 37.1 Å². The van der Waals surface area contributed by atoms with Crippen molar-refractivity contribution in [2.24, 2.45) is 11.8 Å². The first kappa shape index (κ1) is 23.7. The normalized spacial score (nSPS) is 53.7. The number of rotatable bonds is 4. The first-order valence-corrected chi connectivity index (χ1v) is 11.3. The average Bonchev–Trinajstić information content (AvgIpc) is 2.74. The molecule has 13 unspecified atom stereocenters. The Labute approximate surface area is 181 Å². The molecular weight excluding hydrogens is 412 g/mol. The summed E-state index contributed by atoms with van der Waals surface area (Å²) >= 11 is 0. The van der Waals surface area contributed by atoms with E-state index in [0.29, 0.717) is 32.1 Å². The molecule has 2 heterocycles. The third kappa shape index (κ3) is 4.93. The van der Waals surface area contributed by atoms with E-state index < -0.39 is 55.1 Å². The maximum Gasteiger partial charge on any atom is 0.186 e. The van der Waals surface area contributed by atoms with Gasteiger partial charge in [-0.1, -0.05) is 0 Å². The van der Waals surface area contributed by atoms with Gasteiger partial charge in [-0.05, 0) is 44.4 Å². The van der Waals surface area contributed by atoms with Crippen molar-refractivity contribution in [1.82, 2.24) is 0 Å². The highest BCUT2D eigenvalue weighted by atomic mass is 16.7. The van der Waals surface area contributed by atoms with Gasteiger partial charge >= 0.3 is 0 Å². The van der Waals surface area contributed by atoms with Crippen LogP contribution in [0.4, 0.5) is 0 Å². The lowest BCUT2D eigenvalue weighted by Crippen LogP contribution is -2.60. The largest absolute Gasteiger partial charge is 0.393 e. The van der Waals surface area contributed by atoms with E-state index in [2.05, 4.69) is 0 Å². The molecule has 0 aromatic carbocycles. The molecule has 2 saturated heterocycles. The van der Waals surface area contributed by atoms with Gasteiger partial charge in [0.15, 0.2) is 6.29 Å². The van der Waals surface area contributed by atoms with Crippen LogP contribution in [0.1, 0.15) is 38.5 Å². The average molecular weight is 449 g/mol. The highest BCUT2D eigenvalue weighted by Crippen LogP contribution is 2.43. The Kier molecular flexibility index (Phi) is 7.54. The summed E-state index contributed by atoms with van der Waals surface area (Å²) < 4.78 is 23.4. The Bertz CT molecular complexity index is 593. The molecule has 4 aliphatic rings. The molecule has 0 bridgehead atoms. The maximum atomic E-state index is 10.5. The second kappa shape index (κ2) is 9.84. The van der Waals surface area contributed by atoms with E-state index in [1.54, 1.807) is 7.11 Å². The zero-order valence-electron chi connectivity index (χ0n) is 17.8. The molecule has 0 amide bonds. The number of methoxy groups -OCH3 is 1. The van der Waals surface area contributed by atoms with Gasteiger partial charge in [0.05, 0.1) is 49.3 Å². The summed E-state index contributed by atoms with van der Waals surface area (Å²) in [5.41, 5.74) is 0. The molecule has 10 heteroatoms. The van der Waals surface area contributed by atoms with Crippen molar-refractivity contribution in [1.29, 1.82) is 0 Å². The van der Waals surface area contributed by atoms with Crippen LogP contribution in [0.25, 0.3) is 0 Å². The van der Waals surface area contributed by atoms with Crippen LogP contribution in [-0.4, -0.2) is 112 Å². The van der Waals surface area contributed by atoms with E-state index in [4.69, 9.17) is 18.9 Å². The molecule has 2 aliphatic carbocycles. The fourth-order valence-electron chi connectivity index (χ4n) is 5.71. The summed E-state index contributed by atoms with van der Waals surface area (Å²) in [5.74, 6) is -0.222. The molecule has 4 rings (SSSR count). The Hall–Kier alpha value is -0.400. The van der Waals surface area contributed by atoms with E-state index in [1.807, 2.05) is 0 Å². The Balaban J connectivity index is 1.52. The lowest BCUT2D eigenvalue weighted by atomic mass is 9.72. The van der Waals surface area contributed by atoms with Gasteiger partial charge < -0.3 is 49.6 Å². The summed E-state index contributed by atoms with van der Waals surface area (Å²) in [6.07, 6.45) is -5.64. The monoisotopic (exact) mass is 448 g/mol. The smallest absolute Gasteiger partial charge is 0.186 e. The Morgan fingerprint density at radius 2 is 1.55 bits per heavy atom. The number of fused-ring (bicyclic) bond motifs is 1. The second-order valence-corrected chi connectivity index (χ2v) is 9.57. The zero-order chi connectivity index (χ0) is 22.3. The minimum Gasteiger partial charge on any atom is -0.393 e. The van der Waals surface area contributed by atoms with E-state index in [0.717, 1.165) is 0 Å². The number of aliphatic hydroxyl groups is 6. The summed E-state index contributed by atoms with van der Waals surface area (Å²) in [5, 5.41) is 60.9. The molecule has 31 heavy (non-hydrogen) atoms. The minimum absolute atomic E-state index is 0.00626. The third-order valence-corrected chi connectivity index (χ3v) is 7.52. The van der Waals surface area contributed by atoms with Crippen LogP contribution < -0.4 is 0 Å². The lowest BCUT2D eigenvalue weighted by Gasteiger charge is -2.51. The van der Waals surface area contributed by atoms with Crippen LogP contribution in [-0.2, 0) is 18.9 Å². The molecule has 2 aliphatic heterocycles. The zero-order valence-corrected chi connectivity index (χ0v) is 17.8. The first-order chi connectivity index (χ1) is 14.8. The molecule has 0 spiro atoms. The number of hydrogen-bond donors (Lipinski definition) is 6. The predicted octanol–water partition coefficient (Wildman–Crippen LogP) is -1.72. The van der Waals surface area contributed by atoms with Gasteiger partial charge in [-0.3, -0.25) is 0 Å². The fraction of sp³-hybridized carbons (Fsp3) is 1.00. The molecule has 13 atom stereocenters. The van der Waals surface area contributed by atoms with Crippen molar-refractivity contribution in [3.8, 4) is 0 Å².